The first-order chi connectivity index (χ1) is 7.70. The van der Waals surface area contributed by atoms with Gasteiger partial charge in [0, 0.05) is 17.8 Å². The normalized spacial score (nSPS) is 25.7. The largest absolute Gasteiger partial charge is 0.313 e. The van der Waals surface area contributed by atoms with Crippen molar-refractivity contribution in [3.05, 3.63) is 16.1 Å². The number of nitrogens with zero attached hydrogens (tertiary/aromatic N) is 1. The molecule has 1 saturated carbocycles. The average molecular weight is 238 g/mol. The third-order valence-electron chi connectivity index (χ3n) is 3.44. The van der Waals surface area contributed by atoms with E-state index >= 15 is 0 Å². The van der Waals surface area contributed by atoms with Gasteiger partial charge >= 0.3 is 0 Å². The summed E-state index contributed by atoms with van der Waals surface area (Å²) in [7, 11) is 0. The van der Waals surface area contributed by atoms with Gasteiger partial charge in [-0.1, -0.05) is 13.8 Å². The predicted molar refractivity (Wildman–Crippen MR) is 69.9 cm³/mol. The van der Waals surface area contributed by atoms with E-state index in [1.165, 1.54) is 23.5 Å². The minimum Gasteiger partial charge on any atom is -0.313 e. The van der Waals surface area contributed by atoms with Gasteiger partial charge in [-0.2, -0.15) is 0 Å². The molecule has 3 heteroatoms. The number of aryl methyl sites for hydroxylation is 1. The van der Waals surface area contributed by atoms with Gasteiger partial charge in [0.25, 0.3) is 0 Å². The van der Waals surface area contributed by atoms with Crippen LogP contribution in [0.25, 0.3) is 0 Å². The maximum atomic E-state index is 4.57. The van der Waals surface area contributed by atoms with Gasteiger partial charge < -0.3 is 5.32 Å². The van der Waals surface area contributed by atoms with E-state index in [1.807, 2.05) is 0 Å². The van der Waals surface area contributed by atoms with Crippen LogP contribution in [-0.4, -0.2) is 17.6 Å². The smallest absolute Gasteiger partial charge is 0.0897 e. The Balaban J connectivity index is 1.91. The third kappa shape index (κ3) is 3.05. The lowest BCUT2D eigenvalue weighted by Crippen LogP contribution is -2.34. The molecule has 1 heterocycles. The van der Waals surface area contributed by atoms with E-state index < -0.39 is 0 Å². The van der Waals surface area contributed by atoms with E-state index in [-0.39, 0.29) is 0 Å². The Bertz CT molecular complexity index is 334. The van der Waals surface area contributed by atoms with Crippen LogP contribution in [0.4, 0.5) is 0 Å². The molecular formula is C13H22N2S. The lowest BCUT2D eigenvalue weighted by molar-refractivity contribution is 0.441. The van der Waals surface area contributed by atoms with Crippen molar-refractivity contribution in [3.8, 4) is 0 Å². The Morgan fingerprint density at radius 3 is 2.88 bits per heavy atom. The summed E-state index contributed by atoms with van der Waals surface area (Å²) in [5.41, 5.74) is 1.27. The molecule has 0 radical (unpaired) electrons. The third-order valence-corrected chi connectivity index (χ3v) is 4.26. The van der Waals surface area contributed by atoms with Crippen LogP contribution < -0.4 is 5.32 Å². The molecule has 1 fully saturated rings. The molecule has 90 valence electrons. The minimum absolute atomic E-state index is 0.649. The molecule has 0 spiro atoms. The summed E-state index contributed by atoms with van der Waals surface area (Å²) in [6.45, 7) is 7.81. The molecule has 0 aromatic carbocycles. The molecule has 1 N–H and O–H groups in total. The zero-order valence-corrected chi connectivity index (χ0v) is 11.3. The highest BCUT2D eigenvalue weighted by Gasteiger charge is 2.39. The molecule has 1 aliphatic rings. The Hall–Kier alpha value is -0.410. The first kappa shape index (κ1) is 12.1. The Labute approximate surface area is 102 Å². The van der Waals surface area contributed by atoms with Gasteiger partial charge in [-0.25, -0.2) is 4.98 Å². The van der Waals surface area contributed by atoms with E-state index in [4.69, 9.17) is 0 Å². The van der Waals surface area contributed by atoms with Crippen molar-refractivity contribution in [2.45, 2.75) is 46.1 Å². The van der Waals surface area contributed by atoms with Gasteiger partial charge in [-0.15, -0.1) is 11.3 Å². The van der Waals surface area contributed by atoms with Gasteiger partial charge in [0.05, 0.1) is 10.7 Å². The molecule has 1 aromatic rings. The maximum absolute atomic E-state index is 4.57. The topological polar surface area (TPSA) is 24.9 Å². The molecule has 0 saturated heterocycles. The van der Waals surface area contributed by atoms with Crippen molar-refractivity contribution in [2.75, 3.05) is 6.54 Å². The SMILES string of the molecule is CCCNC(Cc1csc(C)n1)C1CC1C. The Morgan fingerprint density at radius 2 is 2.38 bits per heavy atom. The predicted octanol–water partition coefficient (Wildman–Crippen LogP) is 3.02. The van der Waals surface area contributed by atoms with Crippen molar-refractivity contribution in [1.82, 2.24) is 10.3 Å². The van der Waals surface area contributed by atoms with E-state index in [9.17, 15) is 0 Å². The highest BCUT2D eigenvalue weighted by atomic mass is 32.1. The summed E-state index contributed by atoms with van der Waals surface area (Å²) in [5, 5.41) is 7.08. The summed E-state index contributed by atoms with van der Waals surface area (Å²) in [4.78, 5) is 4.57. The monoisotopic (exact) mass is 238 g/mol. The zero-order chi connectivity index (χ0) is 11.5. The lowest BCUT2D eigenvalue weighted by Gasteiger charge is -2.17. The molecule has 2 nitrogen and oxygen atoms in total. The molecule has 3 unspecified atom stereocenters. The van der Waals surface area contributed by atoms with Crippen LogP contribution in [0.5, 0.6) is 0 Å². The minimum atomic E-state index is 0.649. The molecule has 1 aromatic heterocycles. The second kappa shape index (κ2) is 5.28. The lowest BCUT2D eigenvalue weighted by atomic mass is 10.1. The summed E-state index contributed by atoms with van der Waals surface area (Å²) >= 11 is 1.76. The number of aromatic nitrogens is 1. The van der Waals surface area contributed by atoms with Gasteiger partial charge in [-0.05, 0) is 38.1 Å². The van der Waals surface area contributed by atoms with Crippen molar-refractivity contribution in [3.63, 3.8) is 0 Å². The van der Waals surface area contributed by atoms with E-state index in [1.54, 1.807) is 11.3 Å². The highest BCUT2D eigenvalue weighted by Crippen LogP contribution is 2.41. The molecule has 3 atom stereocenters. The molecule has 16 heavy (non-hydrogen) atoms. The molecule has 0 bridgehead atoms. The summed E-state index contributed by atoms with van der Waals surface area (Å²) in [5.74, 6) is 1.79. The van der Waals surface area contributed by atoms with Crippen molar-refractivity contribution in [1.29, 1.82) is 0 Å². The number of thiazole rings is 1. The van der Waals surface area contributed by atoms with Crippen molar-refractivity contribution < 1.29 is 0 Å². The Morgan fingerprint density at radius 1 is 1.62 bits per heavy atom. The van der Waals surface area contributed by atoms with Crippen molar-refractivity contribution >= 4 is 11.3 Å². The van der Waals surface area contributed by atoms with E-state index in [0.717, 1.165) is 24.8 Å². The molecule has 0 amide bonds. The van der Waals surface area contributed by atoms with Crippen LogP contribution in [0.3, 0.4) is 0 Å². The fourth-order valence-electron chi connectivity index (χ4n) is 2.34. The van der Waals surface area contributed by atoms with Gasteiger partial charge in [-0.3, -0.25) is 0 Å². The molecule has 2 rings (SSSR count). The van der Waals surface area contributed by atoms with Crippen LogP contribution in [0.1, 0.15) is 37.4 Å². The first-order valence-corrected chi connectivity index (χ1v) is 7.23. The van der Waals surface area contributed by atoms with Crippen LogP contribution >= 0.6 is 11.3 Å². The number of hydrogen-bond donors (Lipinski definition) is 1. The molecule has 0 aliphatic heterocycles. The van der Waals surface area contributed by atoms with Crippen LogP contribution in [0.2, 0.25) is 0 Å². The maximum Gasteiger partial charge on any atom is 0.0897 e. The number of nitrogens with one attached hydrogen (secondary N) is 1. The summed E-state index contributed by atoms with van der Waals surface area (Å²) < 4.78 is 0. The van der Waals surface area contributed by atoms with Gasteiger partial charge in [0.1, 0.15) is 0 Å². The quantitative estimate of drug-likeness (QED) is 0.824. The van der Waals surface area contributed by atoms with E-state index in [0.29, 0.717) is 6.04 Å². The average Bonchev–Trinajstić information content (AvgIpc) is 2.83. The number of rotatable bonds is 6. The number of hydrogen-bond acceptors (Lipinski definition) is 3. The van der Waals surface area contributed by atoms with Crippen molar-refractivity contribution in [2.24, 2.45) is 11.8 Å². The molecular weight excluding hydrogens is 216 g/mol. The fraction of sp³-hybridized carbons (Fsp3) is 0.769. The summed E-state index contributed by atoms with van der Waals surface area (Å²) in [6.07, 6.45) is 3.72. The van der Waals surface area contributed by atoms with Crippen LogP contribution in [0.15, 0.2) is 5.38 Å². The van der Waals surface area contributed by atoms with E-state index in [2.05, 4.69) is 36.5 Å². The summed E-state index contributed by atoms with van der Waals surface area (Å²) in [6, 6.07) is 0.649. The highest BCUT2D eigenvalue weighted by molar-refractivity contribution is 7.09. The van der Waals surface area contributed by atoms with Gasteiger partial charge in [0.2, 0.25) is 0 Å². The van der Waals surface area contributed by atoms with Gasteiger partial charge in [0.15, 0.2) is 0 Å². The second-order valence-corrected chi connectivity index (χ2v) is 6.06. The van der Waals surface area contributed by atoms with Crippen LogP contribution in [-0.2, 0) is 6.42 Å². The van der Waals surface area contributed by atoms with Crippen LogP contribution in [0, 0.1) is 18.8 Å². The first-order valence-electron chi connectivity index (χ1n) is 6.35. The standard InChI is InChI=1S/C13H22N2S/c1-4-5-14-13(12-6-9(12)2)7-11-8-16-10(3)15-11/h8-9,12-14H,4-7H2,1-3H3. The Kier molecular flexibility index (Phi) is 3.98. The zero-order valence-electron chi connectivity index (χ0n) is 10.5. The molecule has 1 aliphatic carbocycles. The fourth-order valence-corrected chi connectivity index (χ4v) is 2.97. The second-order valence-electron chi connectivity index (χ2n) is 5.00.